The molecule has 1 heterocycles. The van der Waals surface area contributed by atoms with Crippen LogP contribution < -0.4 is 5.56 Å². The minimum atomic E-state index is -0.820. The summed E-state index contributed by atoms with van der Waals surface area (Å²) in [7, 11) is 0. The van der Waals surface area contributed by atoms with Gasteiger partial charge < -0.3 is 0 Å². The van der Waals surface area contributed by atoms with Crippen molar-refractivity contribution in [1.82, 2.24) is 9.36 Å². The highest BCUT2D eigenvalue weighted by molar-refractivity contribution is 5.48. The third kappa shape index (κ3) is 2.30. The molecule has 0 spiro atoms. The summed E-state index contributed by atoms with van der Waals surface area (Å²) < 4.78 is 45.8. The maximum atomic E-state index is 14.7. The predicted octanol–water partition coefficient (Wildman–Crippen LogP) is 5.28. The number of nitrogens with zero attached hydrogens (tertiary/aromatic N) is 2. The lowest BCUT2D eigenvalue weighted by atomic mass is 9.70. The van der Waals surface area contributed by atoms with Crippen LogP contribution in [0.2, 0.25) is 0 Å². The molecular formula is C24H23F3N2O. The van der Waals surface area contributed by atoms with Gasteiger partial charge in [0.25, 0.3) is 5.56 Å². The molecule has 30 heavy (non-hydrogen) atoms. The van der Waals surface area contributed by atoms with Crippen molar-refractivity contribution in [3.63, 3.8) is 0 Å². The summed E-state index contributed by atoms with van der Waals surface area (Å²) in [4.78, 5) is 13.6. The van der Waals surface area contributed by atoms with Crippen LogP contribution in [0.5, 0.6) is 0 Å². The van der Waals surface area contributed by atoms with Gasteiger partial charge in [0.2, 0.25) is 0 Å². The highest BCUT2D eigenvalue weighted by atomic mass is 19.1. The van der Waals surface area contributed by atoms with Crippen molar-refractivity contribution in [2.45, 2.75) is 51.5 Å². The highest BCUT2D eigenvalue weighted by Crippen LogP contribution is 2.67. The summed E-state index contributed by atoms with van der Waals surface area (Å²) in [5.74, 6) is -1.86. The number of aromatic nitrogens is 2. The molecule has 6 heteroatoms. The van der Waals surface area contributed by atoms with Gasteiger partial charge in [-0.2, -0.15) is 0 Å². The van der Waals surface area contributed by atoms with E-state index in [1.54, 1.807) is 22.9 Å². The molecule has 3 nitrogen and oxygen atoms in total. The molecule has 0 amide bonds. The van der Waals surface area contributed by atoms with E-state index in [0.29, 0.717) is 11.1 Å². The topological polar surface area (TPSA) is 26.9 Å². The summed E-state index contributed by atoms with van der Waals surface area (Å²) in [6.07, 6.45) is 1.80. The first kappa shape index (κ1) is 19.2. The Morgan fingerprint density at radius 2 is 1.77 bits per heavy atom. The number of halogens is 3. The van der Waals surface area contributed by atoms with Crippen molar-refractivity contribution in [2.75, 3.05) is 0 Å². The second kappa shape index (κ2) is 6.13. The molecule has 2 aliphatic rings. The van der Waals surface area contributed by atoms with Crippen molar-refractivity contribution < 1.29 is 13.2 Å². The Kier molecular flexibility index (Phi) is 3.92. The van der Waals surface area contributed by atoms with Crippen LogP contribution >= 0.6 is 0 Å². The van der Waals surface area contributed by atoms with E-state index in [2.05, 4.69) is 20.8 Å². The SMILES string of the molecule is CC1(C)[C@@H]2CC[C@@]1(C)c1c2c(=O)n(-c2ccc(F)cc2F)n1Cc1ccccc1F. The summed E-state index contributed by atoms with van der Waals surface area (Å²) in [5.41, 5.74) is 1.21. The van der Waals surface area contributed by atoms with Crippen LogP contribution in [0.3, 0.4) is 0 Å². The molecule has 0 radical (unpaired) electrons. The average molecular weight is 412 g/mol. The Morgan fingerprint density at radius 3 is 2.47 bits per heavy atom. The number of benzene rings is 2. The van der Waals surface area contributed by atoms with Crippen LogP contribution in [0.25, 0.3) is 5.69 Å². The van der Waals surface area contributed by atoms with Crippen molar-refractivity contribution in [1.29, 1.82) is 0 Å². The highest BCUT2D eigenvalue weighted by Gasteiger charge is 2.62. The Morgan fingerprint density at radius 1 is 1.03 bits per heavy atom. The van der Waals surface area contributed by atoms with E-state index in [9.17, 15) is 18.0 Å². The molecule has 2 bridgehead atoms. The zero-order valence-electron chi connectivity index (χ0n) is 17.2. The van der Waals surface area contributed by atoms with E-state index < -0.39 is 11.6 Å². The maximum Gasteiger partial charge on any atom is 0.275 e. The van der Waals surface area contributed by atoms with Gasteiger partial charge in [0.05, 0.1) is 12.2 Å². The van der Waals surface area contributed by atoms with Gasteiger partial charge in [0.1, 0.15) is 17.3 Å². The minimum Gasteiger partial charge on any atom is -0.276 e. The van der Waals surface area contributed by atoms with Gasteiger partial charge in [0, 0.05) is 22.6 Å². The molecule has 0 aliphatic heterocycles. The summed E-state index contributed by atoms with van der Waals surface area (Å²) >= 11 is 0. The van der Waals surface area contributed by atoms with Crippen molar-refractivity contribution in [3.8, 4) is 5.69 Å². The second-order valence-electron chi connectivity index (χ2n) is 9.27. The lowest BCUT2D eigenvalue weighted by molar-refractivity contribution is 0.216. The van der Waals surface area contributed by atoms with E-state index in [-0.39, 0.29) is 40.4 Å². The maximum absolute atomic E-state index is 14.7. The van der Waals surface area contributed by atoms with E-state index >= 15 is 0 Å². The molecule has 0 N–H and O–H groups in total. The van der Waals surface area contributed by atoms with Crippen LogP contribution in [-0.2, 0) is 12.0 Å². The normalized spacial score (nSPS) is 23.7. The fraction of sp³-hybridized carbons (Fsp3) is 0.375. The first-order valence-electron chi connectivity index (χ1n) is 10.2. The van der Waals surface area contributed by atoms with Gasteiger partial charge in [-0.3, -0.25) is 9.48 Å². The Bertz CT molecular complexity index is 1240. The number of fused-ring (bicyclic) bond motifs is 5. The second-order valence-corrected chi connectivity index (χ2v) is 9.27. The van der Waals surface area contributed by atoms with Gasteiger partial charge in [-0.1, -0.05) is 39.0 Å². The fourth-order valence-electron chi connectivity index (χ4n) is 5.72. The molecule has 2 atom stereocenters. The quantitative estimate of drug-likeness (QED) is 0.575. The average Bonchev–Trinajstić information content (AvgIpc) is 3.16. The van der Waals surface area contributed by atoms with Crippen LogP contribution in [0, 0.1) is 22.9 Å². The smallest absolute Gasteiger partial charge is 0.275 e. The fourth-order valence-corrected chi connectivity index (χ4v) is 5.72. The molecule has 2 aromatic carbocycles. The summed E-state index contributed by atoms with van der Waals surface area (Å²) in [5, 5.41) is 0. The van der Waals surface area contributed by atoms with Crippen molar-refractivity contribution in [3.05, 3.63) is 87.1 Å². The predicted molar refractivity (Wildman–Crippen MR) is 109 cm³/mol. The van der Waals surface area contributed by atoms with E-state index in [0.717, 1.165) is 30.7 Å². The molecule has 5 rings (SSSR count). The summed E-state index contributed by atoms with van der Waals surface area (Å²) in [6, 6.07) is 9.56. The lowest BCUT2D eigenvalue weighted by Gasteiger charge is -2.36. The molecule has 1 aromatic heterocycles. The Hall–Kier alpha value is -2.76. The zero-order valence-corrected chi connectivity index (χ0v) is 17.2. The standard InChI is InChI=1S/C24H23F3N2O/c1-23(2)16-10-11-24(23,3)21-20(16)22(30)29(19-9-8-15(25)12-18(19)27)28(21)13-14-6-4-5-7-17(14)26/h4-9,12,16H,10-11,13H2,1-3H3/t16-,24+/m1/s1. The Balaban J connectivity index is 1.82. The number of rotatable bonds is 3. The van der Waals surface area contributed by atoms with E-state index in [1.165, 1.54) is 16.8 Å². The molecular weight excluding hydrogens is 389 g/mol. The third-order valence-electron chi connectivity index (χ3n) is 7.69. The van der Waals surface area contributed by atoms with Gasteiger partial charge in [0.15, 0.2) is 5.82 Å². The summed E-state index contributed by atoms with van der Waals surface area (Å²) in [6.45, 7) is 6.56. The third-order valence-corrected chi connectivity index (χ3v) is 7.69. The van der Waals surface area contributed by atoms with Crippen molar-refractivity contribution in [2.24, 2.45) is 5.41 Å². The minimum absolute atomic E-state index is 0.0204. The molecule has 1 saturated carbocycles. The molecule has 3 aromatic rings. The largest absolute Gasteiger partial charge is 0.276 e. The first-order chi connectivity index (χ1) is 14.2. The molecule has 0 saturated heterocycles. The van der Waals surface area contributed by atoms with Gasteiger partial charge in [-0.25, -0.2) is 17.9 Å². The van der Waals surface area contributed by atoms with Gasteiger partial charge in [-0.05, 0) is 42.4 Å². The van der Waals surface area contributed by atoms with Crippen LogP contribution in [0.4, 0.5) is 13.2 Å². The monoisotopic (exact) mass is 412 g/mol. The molecule has 1 fully saturated rings. The Labute approximate surface area is 172 Å². The van der Waals surface area contributed by atoms with Gasteiger partial charge in [-0.15, -0.1) is 0 Å². The van der Waals surface area contributed by atoms with Crippen LogP contribution in [0.15, 0.2) is 47.3 Å². The lowest BCUT2D eigenvalue weighted by Crippen LogP contribution is -2.36. The van der Waals surface area contributed by atoms with Gasteiger partial charge >= 0.3 is 0 Å². The van der Waals surface area contributed by atoms with Crippen LogP contribution in [0.1, 0.15) is 56.4 Å². The van der Waals surface area contributed by atoms with E-state index in [4.69, 9.17) is 0 Å². The first-order valence-corrected chi connectivity index (χ1v) is 10.2. The molecule has 0 unspecified atom stereocenters. The number of hydrogen-bond acceptors (Lipinski definition) is 1. The molecule has 156 valence electrons. The molecule has 2 aliphatic carbocycles. The van der Waals surface area contributed by atoms with Crippen molar-refractivity contribution >= 4 is 0 Å². The van der Waals surface area contributed by atoms with E-state index in [1.807, 2.05) is 0 Å². The van der Waals surface area contributed by atoms with Crippen LogP contribution in [-0.4, -0.2) is 9.36 Å². The number of hydrogen-bond donors (Lipinski definition) is 0. The zero-order chi connectivity index (χ0) is 21.4.